The second kappa shape index (κ2) is 6.42. The summed E-state index contributed by atoms with van der Waals surface area (Å²) in [6.07, 6.45) is 1.99. The minimum absolute atomic E-state index is 0.0647. The molecule has 1 rings (SSSR count). The van der Waals surface area contributed by atoms with Gasteiger partial charge in [-0.05, 0) is 17.4 Å². The zero-order chi connectivity index (χ0) is 12.7. The van der Waals surface area contributed by atoms with Crippen LogP contribution in [-0.2, 0) is 6.54 Å². The Balaban J connectivity index is 2.46. The molecule has 1 aromatic rings. The predicted molar refractivity (Wildman–Crippen MR) is 71.4 cm³/mol. The van der Waals surface area contributed by atoms with Gasteiger partial charge in [-0.15, -0.1) is 0 Å². The summed E-state index contributed by atoms with van der Waals surface area (Å²) in [4.78, 5) is 0. The lowest BCUT2D eigenvalue weighted by molar-refractivity contribution is 0.293. The highest BCUT2D eigenvalue weighted by Gasteiger charge is 2.20. The van der Waals surface area contributed by atoms with E-state index < -0.39 is 0 Å². The van der Waals surface area contributed by atoms with Crippen LogP contribution < -0.4 is 5.32 Å². The summed E-state index contributed by atoms with van der Waals surface area (Å²) in [6, 6.07) is 12.5. The van der Waals surface area contributed by atoms with Crippen LogP contribution >= 0.6 is 0 Å². The molecular weight excluding hydrogens is 208 g/mol. The molecule has 0 aromatic heterocycles. The molecule has 1 aromatic carbocycles. The Bertz CT molecular complexity index is 362. The van der Waals surface area contributed by atoms with E-state index in [2.05, 4.69) is 44.3 Å². The van der Waals surface area contributed by atoms with E-state index in [1.165, 1.54) is 5.56 Å². The molecule has 92 valence electrons. The summed E-state index contributed by atoms with van der Waals surface area (Å²) in [5.74, 6) is 0. The van der Waals surface area contributed by atoms with Crippen LogP contribution in [0.2, 0.25) is 0 Å². The molecule has 0 fully saturated rings. The van der Waals surface area contributed by atoms with Crippen molar-refractivity contribution in [1.82, 2.24) is 5.32 Å². The van der Waals surface area contributed by atoms with Gasteiger partial charge in [0.1, 0.15) is 0 Å². The van der Waals surface area contributed by atoms with Gasteiger partial charge in [0.2, 0.25) is 0 Å². The Hall–Kier alpha value is -1.33. The van der Waals surface area contributed by atoms with Crippen molar-refractivity contribution in [3.05, 3.63) is 35.9 Å². The molecule has 0 radical (unpaired) electrons. The smallest absolute Gasteiger partial charge is 0.0960 e. The molecule has 0 aliphatic rings. The van der Waals surface area contributed by atoms with E-state index in [1.54, 1.807) is 0 Å². The van der Waals surface area contributed by atoms with Crippen LogP contribution in [0.25, 0.3) is 0 Å². The van der Waals surface area contributed by atoms with Crippen molar-refractivity contribution >= 4 is 0 Å². The summed E-state index contributed by atoms with van der Waals surface area (Å²) in [5.41, 5.74) is 1.45. The van der Waals surface area contributed by atoms with E-state index in [-0.39, 0.29) is 11.5 Å². The van der Waals surface area contributed by atoms with Crippen molar-refractivity contribution in [2.24, 2.45) is 5.41 Å². The lowest BCUT2D eigenvalue weighted by atomic mass is 9.83. The predicted octanol–water partition coefficient (Wildman–Crippen LogP) is 3.49. The normalized spacial score (nSPS) is 13.1. The Kier molecular flexibility index (Phi) is 5.18. The molecule has 1 N–H and O–H groups in total. The second-order valence-electron chi connectivity index (χ2n) is 5.27. The fourth-order valence-electron chi connectivity index (χ4n) is 1.70. The molecule has 0 bridgehead atoms. The Morgan fingerprint density at radius 2 is 1.94 bits per heavy atom. The summed E-state index contributed by atoms with van der Waals surface area (Å²) >= 11 is 0. The number of nitrogens with one attached hydrogen (secondary N) is 1. The Morgan fingerprint density at radius 3 is 2.47 bits per heavy atom. The first-order chi connectivity index (χ1) is 8.07. The third kappa shape index (κ3) is 5.01. The van der Waals surface area contributed by atoms with Gasteiger partial charge in [-0.1, -0.05) is 57.5 Å². The van der Waals surface area contributed by atoms with Gasteiger partial charge in [-0.2, -0.15) is 5.26 Å². The Morgan fingerprint density at radius 1 is 1.29 bits per heavy atom. The molecule has 0 heterocycles. The van der Waals surface area contributed by atoms with Crippen molar-refractivity contribution in [1.29, 1.82) is 5.26 Å². The van der Waals surface area contributed by atoms with E-state index in [0.29, 0.717) is 0 Å². The highest BCUT2D eigenvalue weighted by molar-refractivity contribution is 5.14. The SMILES string of the molecule is CCC(C)(C)CC(C#N)NCc1ccccc1. The first kappa shape index (κ1) is 13.7. The van der Waals surface area contributed by atoms with Gasteiger partial charge in [0.05, 0.1) is 12.1 Å². The fraction of sp³-hybridized carbons (Fsp3) is 0.533. The molecule has 17 heavy (non-hydrogen) atoms. The molecule has 2 heteroatoms. The van der Waals surface area contributed by atoms with Crippen LogP contribution in [0, 0.1) is 16.7 Å². The number of nitrogens with zero attached hydrogens (tertiary/aromatic N) is 1. The first-order valence-corrected chi connectivity index (χ1v) is 6.24. The number of hydrogen-bond acceptors (Lipinski definition) is 2. The van der Waals surface area contributed by atoms with Gasteiger partial charge in [0, 0.05) is 6.54 Å². The quantitative estimate of drug-likeness (QED) is 0.812. The Labute approximate surface area is 105 Å². The largest absolute Gasteiger partial charge is 0.298 e. The van der Waals surface area contributed by atoms with Crippen LogP contribution in [0.3, 0.4) is 0 Å². The van der Waals surface area contributed by atoms with Gasteiger partial charge in [-0.25, -0.2) is 0 Å². The molecule has 1 atom stereocenters. The molecule has 0 aliphatic carbocycles. The maximum Gasteiger partial charge on any atom is 0.0960 e. The van der Waals surface area contributed by atoms with Crippen LogP contribution in [0.1, 0.15) is 39.2 Å². The topological polar surface area (TPSA) is 35.8 Å². The van der Waals surface area contributed by atoms with Gasteiger partial charge < -0.3 is 0 Å². The number of hydrogen-bond donors (Lipinski definition) is 1. The molecule has 0 amide bonds. The third-order valence-corrected chi connectivity index (χ3v) is 3.27. The molecule has 2 nitrogen and oxygen atoms in total. The van der Waals surface area contributed by atoms with E-state index in [1.807, 2.05) is 18.2 Å². The lowest BCUT2D eigenvalue weighted by Crippen LogP contribution is -2.32. The molecular formula is C15H22N2. The van der Waals surface area contributed by atoms with E-state index >= 15 is 0 Å². The van der Waals surface area contributed by atoms with Crippen LogP contribution in [-0.4, -0.2) is 6.04 Å². The van der Waals surface area contributed by atoms with Crippen molar-refractivity contribution < 1.29 is 0 Å². The summed E-state index contributed by atoms with van der Waals surface area (Å²) in [6.45, 7) is 7.35. The molecule has 0 spiro atoms. The molecule has 0 saturated carbocycles. The van der Waals surface area contributed by atoms with Crippen LogP contribution in [0.15, 0.2) is 30.3 Å². The van der Waals surface area contributed by atoms with E-state index in [4.69, 9.17) is 5.26 Å². The maximum atomic E-state index is 9.15. The fourth-order valence-corrected chi connectivity index (χ4v) is 1.70. The average molecular weight is 230 g/mol. The second-order valence-corrected chi connectivity index (χ2v) is 5.27. The van der Waals surface area contributed by atoms with Crippen molar-refractivity contribution in [2.75, 3.05) is 0 Å². The van der Waals surface area contributed by atoms with Crippen molar-refractivity contribution in [3.8, 4) is 6.07 Å². The average Bonchev–Trinajstić information content (AvgIpc) is 2.35. The van der Waals surface area contributed by atoms with Crippen molar-refractivity contribution in [2.45, 2.75) is 46.2 Å². The molecule has 1 unspecified atom stereocenters. The lowest BCUT2D eigenvalue weighted by Gasteiger charge is -2.25. The zero-order valence-corrected chi connectivity index (χ0v) is 11.0. The monoisotopic (exact) mass is 230 g/mol. The first-order valence-electron chi connectivity index (χ1n) is 6.24. The number of nitriles is 1. The third-order valence-electron chi connectivity index (χ3n) is 3.27. The molecule has 0 aliphatic heterocycles. The minimum atomic E-state index is -0.0647. The van der Waals surface area contributed by atoms with Gasteiger partial charge in [0.15, 0.2) is 0 Å². The van der Waals surface area contributed by atoms with E-state index in [9.17, 15) is 0 Å². The highest BCUT2D eigenvalue weighted by Crippen LogP contribution is 2.26. The van der Waals surface area contributed by atoms with Gasteiger partial charge >= 0.3 is 0 Å². The van der Waals surface area contributed by atoms with Crippen molar-refractivity contribution in [3.63, 3.8) is 0 Å². The molecule has 0 saturated heterocycles. The summed E-state index contributed by atoms with van der Waals surface area (Å²) in [5, 5.41) is 12.5. The number of rotatable bonds is 6. The van der Waals surface area contributed by atoms with Crippen LogP contribution in [0.5, 0.6) is 0 Å². The number of benzene rings is 1. The van der Waals surface area contributed by atoms with Gasteiger partial charge in [0.25, 0.3) is 0 Å². The maximum absolute atomic E-state index is 9.15. The van der Waals surface area contributed by atoms with Gasteiger partial charge in [-0.3, -0.25) is 5.32 Å². The highest BCUT2D eigenvalue weighted by atomic mass is 14.9. The standard InChI is InChI=1S/C15H22N2/c1-4-15(2,3)10-14(11-16)17-12-13-8-6-5-7-9-13/h5-9,14,17H,4,10,12H2,1-3H3. The summed E-state index contributed by atoms with van der Waals surface area (Å²) in [7, 11) is 0. The van der Waals surface area contributed by atoms with E-state index in [0.717, 1.165) is 19.4 Å². The van der Waals surface area contributed by atoms with Crippen LogP contribution in [0.4, 0.5) is 0 Å². The zero-order valence-electron chi connectivity index (χ0n) is 11.0. The summed E-state index contributed by atoms with van der Waals surface area (Å²) < 4.78 is 0. The minimum Gasteiger partial charge on any atom is -0.298 e.